The Hall–Kier alpha value is -0.560. The van der Waals surface area contributed by atoms with Crippen LogP contribution >= 0.6 is 0 Å². The molecule has 0 saturated heterocycles. The Bertz CT molecular complexity index is 698. The first-order chi connectivity index (χ1) is 21.1. The van der Waals surface area contributed by atoms with Gasteiger partial charge in [-0.2, -0.15) is 0 Å². The van der Waals surface area contributed by atoms with Crippen LogP contribution in [-0.4, -0.2) is 13.2 Å². The predicted octanol–water partition coefficient (Wildman–Crippen LogP) is 13.6. The van der Waals surface area contributed by atoms with Crippen LogP contribution in [0.3, 0.4) is 0 Å². The van der Waals surface area contributed by atoms with Gasteiger partial charge in [-0.1, -0.05) is 127 Å². The molecule has 0 spiro atoms. The molecule has 2 unspecified atom stereocenters. The van der Waals surface area contributed by atoms with Crippen molar-refractivity contribution in [2.45, 2.75) is 194 Å². The van der Waals surface area contributed by atoms with Gasteiger partial charge in [0, 0.05) is 13.2 Å². The normalized spacial score (nSPS) is 30.2. The molecule has 4 rings (SSSR count). The van der Waals surface area contributed by atoms with Crippen LogP contribution in [0.4, 0.5) is 0 Å². The number of hydrogen-bond donors (Lipinski definition) is 0. The highest BCUT2D eigenvalue weighted by molar-refractivity contribution is 5.07. The zero-order valence-corrected chi connectivity index (χ0v) is 29.2. The first-order valence-electron chi connectivity index (χ1n) is 20.1. The van der Waals surface area contributed by atoms with Gasteiger partial charge in [-0.15, -0.1) is 0 Å². The quantitative estimate of drug-likeness (QED) is 0.101. The highest BCUT2D eigenvalue weighted by atomic mass is 16.5. The molecule has 2 fully saturated rings. The third kappa shape index (κ3) is 15.1. The van der Waals surface area contributed by atoms with Gasteiger partial charge < -0.3 is 4.74 Å². The predicted molar refractivity (Wildman–Crippen MR) is 189 cm³/mol. The highest BCUT2D eigenvalue weighted by Crippen LogP contribution is 2.37. The van der Waals surface area contributed by atoms with Crippen molar-refractivity contribution in [2.75, 3.05) is 13.2 Å². The van der Waals surface area contributed by atoms with Crippen LogP contribution in [0, 0.1) is 35.5 Å². The van der Waals surface area contributed by atoms with Gasteiger partial charge in [0.05, 0.1) is 0 Å². The minimum absolute atomic E-state index is 0.984. The molecular weight excluding hydrogens is 520 g/mol. The van der Waals surface area contributed by atoms with Gasteiger partial charge in [0.2, 0.25) is 0 Å². The van der Waals surface area contributed by atoms with E-state index in [4.69, 9.17) is 4.74 Å². The van der Waals surface area contributed by atoms with Crippen LogP contribution in [0.5, 0.6) is 0 Å². The fraction of sp³-hybridized carbons (Fsp3) is 0.905. The Labute approximate surface area is 269 Å². The first-order valence-corrected chi connectivity index (χ1v) is 20.1. The van der Waals surface area contributed by atoms with Crippen molar-refractivity contribution in [1.29, 1.82) is 0 Å². The van der Waals surface area contributed by atoms with Gasteiger partial charge in [-0.3, -0.25) is 0 Å². The maximum absolute atomic E-state index is 5.97. The van der Waals surface area contributed by atoms with Gasteiger partial charge >= 0.3 is 0 Å². The maximum Gasteiger partial charge on any atom is 0.0466 e. The van der Waals surface area contributed by atoms with E-state index in [-0.39, 0.29) is 0 Å². The third-order valence-corrected chi connectivity index (χ3v) is 12.5. The Morgan fingerprint density at radius 2 is 0.860 bits per heavy atom. The number of ether oxygens (including phenoxy) is 1. The number of allylic oxidation sites excluding steroid dienone is 4. The molecule has 0 amide bonds. The van der Waals surface area contributed by atoms with E-state index >= 15 is 0 Å². The van der Waals surface area contributed by atoms with Crippen LogP contribution < -0.4 is 0 Å². The largest absolute Gasteiger partial charge is 0.381 e. The summed E-state index contributed by atoms with van der Waals surface area (Å²) in [6.45, 7) is 6.86. The molecule has 4 aliphatic carbocycles. The molecule has 2 atom stereocenters. The van der Waals surface area contributed by atoms with Crippen molar-refractivity contribution in [3.63, 3.8) is 0 Å². The molecule has 0 heterocycles. The summed E-state index contributed by atoms with van der Waals surface area (Å²) in [4.78, 5) is 0. The summed E-state index contributed by atoms with van der Waals surface area (Å²) in [6, 6.07) is 0. The Morgan fingerprint density at radius 1 is 0.465 bits per heavy atom. The van der Waals surface area contributed by atoms with Gasteiger partial charge in [-0.25, -0.2) is 0 Å². The summed E-state index contributed by atoms with van der Waals surface area (Å²) in [6.07, 6.45) is 45.4. The molecule has 0 aromatic heterocycles. The molecule has 0 aromatic rings. The topological polar surface area (TPSA) is 9.23 Å². The first kappa shape index (κ1) is 35.3. The van der Waals surface area contributed by atoms with Crippen LogP contribution in [0.1, 0.15) is 194 Å². The number of hydrogen-bond acceptors (Lipinski definition) is 1. The van der Waals surface area contributed by atoms with Crippen molar-refractivity contribution in [2.24, 2.45) is 35.5 Å². The summed E-state index contributed by atoms with van der Waals surface area (Å²) < 4.78 is 5.97. The lowest BCUT2D eigenvalue weighted by atomic mass is 9.78. The Balaban J connectivity index is 0.872. The SMILES string of the molecule is CC1CCC(CCC2CC=C(CCCCCCOCCCCCCC3=CCC(CCC4CCC(C)CC4)CC3)CC2)CC1. The van der Waals surface area contributed by atoms with Gasteiger partial charge in [0.15, 0.2) is 0 Å². The second kappa shape index (κ2) is 21.3. The fourth-order valence-corrected chi connectivity index (χ4v) is 8.96. The van der Waals surface area contributed by atoms with Crippen molar-refractivity contribution >= 4 is 0 Å². The fourth-order valence-electron chi connectivity index (χ4n) is 8.96. The minimum Gasteiger partial charge on any atom is -0.381 e. The maximum atomic E-state index is 5.97. The van der Waals surface area contributed by atoms with Gasteiger partial charge in [0.25, 0.3) is 0 Å². The van der Waals surface area contributed by atoms with Crippen molar-refractivity contribution in [3.8, 4) is 0 Å². The second-order valence-corrected chi connectivity index (χ2v) is 16.4. The second-order valence-electron chi connectivity index (χ2n) is 16.4. The van der Waals surface area contributed by atoms with E-state index < -0.39 is 0 Å². The molecular formula is C42H74O. The summed E-state index contributed by atoms with van der Waals surface area (Å²) in [5.41, 5.74) is 3.56. The Morgan fingerprint density at radius 3 is 1.26 bits per heavy atom. The van der Waals surface area contributed by atoms with Crippen molar-refractivity contribution in [3.05, 3.63) is 23.3 Å². The molecule has 2 saturated carbocycles. The number of rotatable bonds is 20. The van der Waals surface area contributed by atoms with E-state index in [1.165, 1.54) is 180 Å². The molecule has 0 aromatic carbocycles. The molecule has 1 nitrogen and oxygen atoms in total. The molecule has 248 valence electrons. The molecule has 0 N–H and O–H groups in total. The lowest BCUT2D eigenvalue weighted by Gasteiger charge is -2.28. The van der Waals surface area contributed by atoms with E-state index in [2.05, 4.69) is 26.0 Å². The monoisotopic (exact) mass is 595 g/mol. The summed E-state index contributed by atoms with van der Waals surface area (Å²) in [5, 5.41) is 0. The number of unbranched alkanes of at least 4 members (excludes halogenated alkanes) is 6. The van der Waals surface area contributed by atoms with Crippen molar-refractivity contribution < 1.29 is 4.74 Å². The minimum atomic E-state index is 0.984. The third-order valence-electron chi connectivity index (χ3n) is 12.5. The van der Waals surface area contributed by atoms with Crippen LogP contribution in [-0.2, 0) is 4.74 Å². The highest BCUT2D eigenvalue weighted by Gasteiger charge is 2.22. The molecule has 0 bridgehead atoms. The lowest BCUT2D eigenvalue weighted by Crippen LogP contribution is -2.14. The molecule has 43 heavy (non-hydrogen) atoms. The lowest BCUT2D eigenvalue weighted by molar-refractivity contribution is 0.125. The zero-order valence-electron chi connectivity index (χ0n) is 29.2. The van der Waals surface area contributed by atoms with Crippen LogP contribution in [0.2, 0.25) is 0 Å². The summed E-state index contributed by atoms with van der Waals surface area (Å²) >= 11 is 0. The molecule has 0 aliphatic heterocycles. The molecule has 1 heteroatoms. The Kier molecular flexibility index (Phi) is 17.5. The van der Waals surface area contributed by atoms with Gasteiger partial charge in [-0.05, 0) is 125 Å². The van der Waals surface area contributed by atoms with E-state index in [0.29, 0.717) is 0 Å². The summed E-state index contributed by atoms with van der Waals surface area (Å²) in [5.74, 6) is 6.09. The average Bonchev–Trinajstić information content (AvgIpc) is 3.04. The van der Waals surface area contributed by atoms with E-state index in [0.717, 1.165) is 48.7 Å². The van der Waals surface area contributed by atoms with E-state index in [9.17, 15) is 0 Å². The summed E-state index contributed by atoms with van der Waals surface area (Å²) in [7, 11) is 0. The standard InChI is InChI=1S/C42H74O/c1-35-13-17-39(18-14-35)29-31-41-25-21-37(22-26-41)11-7-3-5-9-33-43-34-10-6-4-8-12-38-23-27-42(28-24-38)32-30-40-19-15-36(2)16-20-40/h21,23,35-36,39-42H,3-20,22,24-34H2,1-2H3. The van der Waals surface area contributed by atoms with E-state index in [1.54, 1.807) is 11.1 Å². The smallest absolute Gasteiger partial charge is 0.0466 e. The average molecular weight is 595 g/mol. The van der Waals surface area contributed by atoms with Crippen LogP contribution in [0.25, 0.3) is 0 Å². The van der Waals surface area contributed by atoms with Crippen molar-refractivity contribution in [1.82, 2.24) is 0 Å². The molecule has 4 aliphatic rings. The van der Waals surface area contributed by atoms with Crippen LogP contribution in [0.15, 0.2) is 23.3 Å². The van der Waals surface area contributed by atoms with E-state index in [1.807, 2.05) is 0 Å². The van der Waals surface area contributed by atoms with Gasteiger partial charge in [0.1, 0.15) is 0 Å². The molecule has 0 radical (unpaired) electrons. The zero-order chi connectivity index (χ0) is 30.0.